The van der Waals surface area contributed by atoms with Gasteiger partial charge in [0.25, 0.3) is 0 Å². The van der Waals surface area contributed by atoms with Crippen molar-refractivity contribution < 1.29 is 4.79 Å². The summed E-state index contributed by atoms with van der Waals surface area (Å²) in [5.74, 6) is 0.212. The van der Waals surface area contributed by atoms with Crippen LogP contribution in [-0.4, -0.2) is 36.1 Å². The predicted octanol–water partition coefficient (Wildman–Crippen LogP) is 3.70. The van der Waals surface area contributed by atoms with Crippen LogP contribution in [0.2, 0.25) is 0 Å². The maximum absolute atomic E-state index is 13.3. The van der Waals surface area contributed by atoms with Gasteiger partial charge < -0.3 is 10.2 Å². The lowest BCUT2D eigenvalue weighted by atomic mass is 9.96. The molecule has 1 aliphatic rings. The molecule has 0 bridgehead atoms. The molecule has 2 aromatic carbocycles. The molecule has 4 nitrogen and oxygen atoms in total. The van der Waals surface area contributed by atoms with Gasteiger partial charge in [-0.3, -0.25) is 10.1 Å². The Labute approximate surface area is 163 Å². The standard InChI is InChI=1S/C23H31N3O/c1-3-24-17-11-10-16-21-23(27)26(18(2)25-21)22(19-12-6-4-7-13-19)20-14-8-5-9-15-20/h4-9,12-15,18,21-22,24-25H,3,10-11,16-17H2,1-2H3. The number of hydrogen-bond acceptors (Lipinski definition) is 3. The maximum atomic E-state index is 13.3. The largest absolute Gasteiger partial charge is 0.317 e. The Balaban J connectivity index is 1.77. The lowest BCUT2D eigenvalue weighted by molar-refractivity contribution is -0.131. The third-order valence-corrected chi connectivity index (χ3v) is 5.27. The molecular weight excluding hydrogens is 334 g/mol. The van der Waals surface area contributed by atoms with Crippen LogP contribution in [0.25, 0.3) is 0 Å². The van der Waals surface area contributed by atoms with Crippen molar-refractivity contribution in [2.24, 2.45) is 0 Å². The fraction of sp³-hybridized carbons (Fsp3) is 0.435. The van der Waals surface area contributed by atoms with Crippen LogP contribution < -0.4 is 10.6 Å². The van der Waals surface area contributed by atoms with E-state index in [4.69, 9.17) is 0 Å². The summed E-state index contributed by atoms with van der Waals surface area (Å²) in [7, 11) is 0. The first-order valence-electron chi connectivity index (χ1n) is 10.1. The summed E-state index contributed by atoms with van der Waals surface area (Å²) in [5.41, 5.74) is 2.30. The van der Waals surface area contributed by atoms with Crippen molar-refractivity contribution in [1.29, 1.82) is 0 Å². The summed E-state index contributed by atoms with van der Waals surface area (Å²) in [6.45, 7) is 6.24. The van der Waals surface area contributed by atoms with Crippen LogP contribution in [0, 0.1) is 0 Å². The fourth-order valence-electron chi connectivity index (χ4n) is 3.93. The second-order valence-corrected chi connectivity index (χ2v) is 7.21. The van der Waals surface area contributed by atoms with Crippen molar-refractivity contribution in [3.05, 3.63) is 71.8 Å². The zero-order valence-corrected chi connectivity index (χ0v) is 16.4. The highest BCUT2D eigenvalue weighted by Gasteiger charge is 2.40. The molecule has 1 amide bonds. The van der Waals surface area contributed by atoms with Gasteiger partial charge in [0.15, 0.2) is 0 Å². The van der Waals surface area contributed by atoms with E-state index in [2.05, 4.69) is 48.7 Å². The number of nitrogens with one attached hydrogen (secondary N) is 2. The highest BCUT2D eigenvalue weighted by Crippen LogP contribution is 2.33. The number of benzene rings is 2. The third-order valence-electron chi connectivity index (χ3n) is 5.27. The van der Waals surface area contributed by atoms with Crippen molar-refractivity contribution in [2.45, 2.75) is 51.4 Å². The maximum Gasteiger partial charge on any atom is 0.241 e. The first kappa shape index (κ1) is 19.6. The molecule has 1 aliphatic heterocycles. The highest BCUT2D eigenvalue weighted by atomic mass is 16.2. The first-order valence-corrected chi connectivity index (χ1v) is 10.1. The van der Waals surface area contributed by atoms with Gasteiger partial charge in [0.05, 0.1) is 18.2 Å². The molecule has 0 saturated carbocycles. The van der Waals surface area contributed by atoms with Crippen molar-refractivity contribution in [2.75, 3.05) is 13.1 Å². The third kappa shape index (κ3) is 4.76. The summed E-state index contributed by atoms with van der Waals surface area (Å²) in [6.07, 6.45) is 3.07. The van der Waals surface area contributed by atoms with E-state index in [1.54, 1.807) is 0 Å². The van der Waals surface area contributed by atoms with Gasteiger partial charge in [0.2, 0.25) is 5.91 Å². The van der Waals surface area contributed by atoms with Gasteiger partial charge in [0, 0.05) is 0 Å². The molecule has 0 spiro atoms. The minimum absolute atomic E-state index is 0.0154. The van der Waals surface area contributed by atoms with E-state index in [0.717, 1.165) is 43.5 Å². The lowest BCUT2D eigenvalue weighted by Gasteiger charge is -2.32. The number of carbonyl (C=O) groups is 1. The molecule has 1 heterocycles. The number of nitrogens with zero attached hydrogens (tertiary/aromatic N) is 1. The minimum Gasteiger partial charge on any atom is -0.317 e. The zero-order valence-electron chi connectivity index (χ0n) is 16.4. The lowest BCUT2D eigenvalue weighted by Crippen LogP contribution is -2.38. The normalized spacial score (nSPS) is 19.8. The van der Waals surface area contributed by atoms with E-state index in [0.29, 0.717) is 0 Å². The molecule has 2 unspecified atom stereocenters. The molecule has 1 fully saturated rings. The predicted molar refractivity (Wildman–Crippen MR) is 110 cm³/mol. The molecule has 3 rings (SSSR count). The van der Waals surface area contributed by atoms with Crippen molar-refractivity contribution in [1.82, 2.24) is 15.5 Å². The Hall–Kier alpha value is -2.17. The monoisotopic (exact) mass is 365 g/mol. The number of amides is 1. The smallest absolute Gasteiger partial charge is 0.241 e. The SMILES string of the molecule is CCNCCCCC1NC(C)N(C(c2ccccc2)c2ccccc2)C1=O. The van der Waals surface area contributed by atoms with E-state index >= 15 is 0 Å². The topological polar surface area (TPSA) is 44.4 Å². The summed E-state index contributed by atoms with van der Waals surface area (Å²) in [6, 6.07) is 20.5. The van der Waals surface area contributed by atoms with E-state index in [1.165, 1.54) is 0 Å². The molecule has 2 N–H and O–H groups in total. The summed E-state index contributed by atoms with van der Waals surface area (Å²) in [4.78, 5) is 15.3. The molecule has 2 atom stereocenters. The van der Waals surface area contributed by atoms with Gasteiger partial charge >= 0.3 is 0 Å². The van der Waals surface area contributed by atoms with Gasteiger partial charge in [-0.2, -0.15) is 0 Å². The molecule has 2 aromatic rings. The first-order chi connectivity index (χ1) is 13.2. The van der Waals surface area contributed by atoms with Gasteiger partial charge in [-0.05, 0) is 44.0 Å². The zero-order chi connectivity index (χ0) is 19.1. The Morgan fingerprint density at radius 2 is 1.59 bits per heavy atom. The number of hydrogen-bond donors (Lipinski definition) is 2. The molecule has 144 valence electrons. The molecule has 0 radical (unpaired) electrons. The van der Waals surface area contributed by atoms with Crippen LogP contribution in [0.1, 0.15) is 50.3 Å². The number of carbonyl (C=O) groups excluding carboxylic acids is 1. The molecule has 0 aromatic heterocycles. The van der Waals surface area contributed by atoms with Crippen molar-refractivity contribution in [3.8, 4) is 0 Å². The van der Waals surface area contributed by atoms with E-state index in [1.807, 2.05) is 41.3 Å². The van der Waals surface area contributed by atoms with Crippen LogP contribution >= 0.6 is 0 Å². The fourth-order valence-corrected chi connectivity index (χ4v) is 3.93. The van der Waals surface area contributed by atoms with Crippen LogP contribution in [0.5, 0.6) is 0 Å². The average molecular weight is 366 g/mol. The molecular formula is C23H31N3O. The summed E-state index contributed by atoms with van der Waals surface area (Å²) >= 11 is 0. The summed E-state index contributed by atoms with van der Waals surface area (Å²) in [5, 5.41) is 6.87. The van der Waals surface area contributed by atoms with Crippen molar-refractivity contribution >= 4 is 5.91 Å². The molecule has 4 heteroatoms. The van der Waals surface area contributed by atoms with Gasteiger partial charge in [0.1, 0.15) is 0 Å². The van der Waals surface area contributed by atoms with Crippen LogP contribution in [0.15, 0.2) is 60.7 Å². The number of unbranched alkanes of at least 4 members (excludes halogenated alkanes) is 1. The van der Waals surface area contributed by atoms with E-state index in [9.17, 15) is 4.79 Å². The Morgan fingerprint density at radius 3 is 2.15 bits per heavy atom. The Morgan fingerprint density at radius 1 is 1.00 bits per heavy atom. The van der Waals surface area contributed by atoms with Crippen LogP contribution in [-0.2, 0) is 4.79 Å². The minimum atomic E-state index is -0.0865. The van der Waals surface area contributed by atoms with Crippen LogP contribution in [0.3, 0.4) is 0 Å². The van der Waals surface area contributed by atoms with Gasteiger partial charge in [-0.1, -0.05) is 74.0 Å². The second kappa shape index (κ2) is 9.67. The van der Waals surface area contributed by atoms with Gasteiger partial charge in [-0.15, -0.1) is 0 Å². The molecule has 1 saturated heterocycles. The van der Waals surface area contributed by atoms with E-state index < -0.39 is 0 Å². The Kier molecular flexibility index (Phi) is 7.02. The second-order valence-electron chi connectivity index (χ2n) is 7.21. The van der Waals surface area contributed by atoms with E-state index in [-0.39, 0.29) is 24.2 Å². The molecule has 27 heavy (non-hydrogen) atoms. The Bertz CT molecular complexity index is 665. The van der Waals surface area contributed by atoms with Crippen molar-refractivity contribution in [3.63, 3.8) is 0 Å². The summed E-state index contributed by atoms with van der Waals surface area (Å²) < 4.78 is 0. The molecule has 0 aliphatic carbocycles. The van der Waals surface area contributed by atoms with Crippen LogP contribution in [0.4, 0.5) is 0 Å². The number of rotatable bonds is 9. The highest BCUT2D eigenvalue weighted by molar-refractivity contribution is 5.85. The quantitative estimate of drug-likeness (QED) is 0.666. The van der Waals surface area contributed by atoms with Gasteiger partial charge in [-0.25, -0.2) is 0 Å². The average Bonchev–Trinajstić information content (AvgIpc) is 2.98.